The summed E-state index contributed by atoms with van der Waals surface area (Å²) in [4.78, 5) is 14.4. The maximum absolute atomic E-state index is 14.9. The Morgan fingerprint density at radius 2 is 1.44 bits per heavy atom. The number of amides is 1. The highest BCUT2D eigenvalue weighted by Crippen LogP contribution is 2.43. The molecule has 0 aromatic heterocycles. The summed E-state index contributed by atoms with van der Waals surface area (Å²) in [6.45, 7) is 7.06. The van der Waals surface area contributed by atoms with Crippen molar-refractivity contribution in [2.24, 2.45) is 0 Å². The number of ether oxygens (including phenoxy) is 1. The van der Waals surface area contributed by atoms with Crippen LogP contribution >= 0.6 is 11.6 Å². The Balaban J connectivity index is 1.56. The zero-order chi connectivity index (χ0) is 31.6. The van der Waals surface area contributed by atoms with Crippen molar-refractivity contribution in [1.29, 1.82) is 0 Å². The topological polar surface area (TPSA) is 29.5 Å². The molecule has 3 aromatic rings. The van der Waals surface area contributed by atoms with Crippen LogP contribution in [-0.2, 0) is 41.9 Å². The Bertz CT molecular complexity index is 1560. The van der Waals surface area contributed by atoms with Gasteiger partial charge in [-0.05, 0) is 95.3 Å². The summed E-state index contributed by atoms with van der Waals surface area (Å²) in [7, 11) is 0. The number of fused-ring (bicyclic) bond motifs is 1. The van der Waals surface area contributed by atoms with Crippen molar-refractivity contribution in [2.75, 3.05) is 0 Å². The van der Waals surface area contributed by atoms with Crippen LogP contribution in [0.15, 0.2) is 42.5 Å². The fraction of sp³-hybridized carbons (Fsp3) is 0.406. The summed E-state index contributed by atoms with van der Waals surface area (Å²) < 4.78 is 101. The van der Waals surface area contributed by atoms with Crippen LogP contribution in [-0.4, -0.2) is 17.0 Å². The molecular formula is C32H29ClF7NO2. The van der Waals surface area contributed by atoms with E-state index in [0.717, 1.165) is 30.4 Å². The Morgan fingerprint density at radius 1 is 0.860 bits per heavy atom. The van der Waals surface area contributed by atoms with Crippen LogP contribution in [0.5, 0.6) is 0 Å². The third-order valence-electron chi connectivity index (χ3n) is 8.14. The van der Waals surface area contributed by atoms with Gasteiger partial charge in [-0.1, -0.05) is 44.5 Å². The van der Waals surface area contributed by atoms with E-state index in [4.69, 9.17) is 16.3 Å². The van der Waals surface area contributed by atoms with Crippen molar-refractivity contribution in [3.63, 3.8) is 0 Å². The second-order valence-corrected chi connectivity index (χ2v) is 12.6. The Hall–Kier alpha value is -3.27. The number of carbonyl (C=O) groups is 1. The molecule has 0 radical (unpaired) electrons. The first-order valence-electron chi connectivity index (χ1n) is 13.8. The lowest BCUT2D eigenvalue weighted by atomic mass is 9.84. The molecular weight excluding hydrogens is 599 g/mol. The van der Waals surface area contributed by atoms with E-state index >= 15 is 0 Å². The van der Waals surface area contributed by atoms with Crippen LogP contribution in [0.2, 0.25) is 5.02 Å². The molecule has 43 heavy (non-hydrogen) atoms. The first kappa shape index (κ1) is 31.2. The van der Waals surface area contributed by atoms with Crippen LogP contribution in [0.25, 0.3) is 11.1 Å². The number of hydrogen-bond acceptors (Lipinski definition) is 2. The van der Waals surface area contributed by atoms with E-state index in [-0.39, 0.29) is 17.6 Å². The number of cyclic esters (lactones) is 1. The highest BCUT2D eigenvalue weighted by molar-refractivity contribution is 6.33. The standard InChI is InChI=1S/C32H29ClF7NO2/c1-16-28(19-9-21(31(35,36)37)12-22(10-19)32(38,39)40)43-29(42)41(16)15-20-8-17-6-5-7-18(17)11-23(20)24-13-25(30(2,3)4)27(34)14-26(24)33/h8-14,16,28H,5-7,15H2,1-4H3/t16-,28-/m0/s1. The zero-order valence-electron chi connectivity index (χ0n) is 23.8. The highest BCUT2D eigenvalue weighted by atomic mass is 35.5. The van der Waals surface area contributed by atoms with E-state index in [1.54, 1.807) is 6.07 Å². The summed E-state index contributed by atoms with van der Waals surface area (Å²) >= 11 is 6.56. The van der Waals surface area contributed by atoms with E-state index in [1.807, 2.05) is 32.9 Å². The zero-order valence-corrected chi connectivity index (χ0v) is 24.6. The number of benzene rings is 3. The molecule has 1 saturated heterocycles. The first-order valence-corrected chi connectivity index (χ1v) is 14.1. The highest BCUT2D eigenvalue weighted by Gasteiger charge is 2.43. The summed E-state index contributed by atoms with van der Waals surface area (Å²) in [5, 5.41) is 0.170. The molecule has 1 aliphatic carbocycles. The molecule has 1 heterocycles. The van der Waals surface area contributed by atoms with E-state index < -0.39 is 58.5 Å². The lowest BCUT2D eigenvalue weighted by Gasteiger charge is -2.25. The fourth-order valence-corrected chi connectivity index (χ4v) is 6.13. The van der Waals surface area contributed by atoms with E-state index in [2.05, 4.69) is 0 Å². The van der Waals surface area contributed by atoms with Crippen molar-refractivity contribution in [3.05, 3.63) is 92.2 Å². The lowest BCUT2D eigenvalue weighted by Crippen LogP contribution is -2.31. The molecule has 1 amide bonds. The largest absolute Gasteiger partial charge is 0.439 e. The number of rotatable bonds is 4. The third kappa shape index (κ3) is 6.08. The van der Waals surface area contributed by atoms with Gasteiger partial charge in [-0.3, -0.25) is 4.90 Å². The Labute approximate surface area is 249 Å². The molecule has 2 aliphatic rings. The van der Waals surface area contributed by atoms with Crippen molar-refractivity contribution in [2.45, 2.75) is 83.4 Å². The molecule has 0 unspecified atom stereocenters. The normalized spacial score (nSPS) is 19.2. The second-order valence-electron chi connectivity index (χ2n) is 12.2. The van der Waals surface area contributed by atoms with Crippen LogP contribution in [0.1, 0.15) is 79.2 Å². The number of nitrogens with zero attached hydrogens (tertiary/aromatic N) is 1. The molecule has 0 spiro atoms. The molecule has 0 N–H and O–H groups in total. The number of alkyl halides is 6. The van der Waals surface area contributed by atoms with Gasteiger partial charge in [0.1, 0.15) is 11.9 Å². The van der Waals surface area contributed by atoms with E-state index in [0.29, 0.717) is 34.4 Å². The van der Waals surface area contributed by atoms with Gasteiger partial charge in [-0.15, -0.1) is 0 Å². The smallest absolute Gasteiger partial charge is 0.416 e. The van der Waals surface area contributed by atoms with Gasteiger partial charge in [-0.25, -0.2) is 9.18 Å². The maximum atomic E-state index is 14.9. The van der Waals surface area contributed by atoms with Gasteiger partial charge in [0, 0.05) is 5.56 Å². The van der Waals surface area contributed by atoms with E-state index in [1.165, 1.54) is 17.9 Å². The minimum atomic E-state index is -5.04. The van der Waals surface area contributed by atoms with Crippen molar-refractivity contribution < 1.29 is 40.3 Å². The van der Waals surface area contributed by atoms with Crippen molar-refractivity contribution in [1.82, 2.24) is 4.90 Å². The van der Waals surface area contributed by atoms with Gasteiger partial charge in [-0.2, -0.15) is 26.3 Å². The summed E-state index contributed by atoms with van der Waals surface area (Å²) in [6, 6.07) is 7.14. The minimum absolute atomic E-state index is 0.0395. The van der Waals surface area contributed by atoms with Gasteiger partial charge < -0.3 is 4.74 Å². The van der Waals surface area contributed by atoms with Crippen LogP contribution in [0.3, 0.4) is 0 Å². The predicted molar refractivity (Wildman–Crippen MR) is 148 cm³/mol. The molecule has 5 rings (SSSR count). The summed E-state index contributed by atoms with van der Waals surface area (Å²) in [6.07, 6.45) is -9.78. The number of aryl methyl sites for hydroxylation is 2. The SMILES string of the molecule is C[C@H]1[C@@H](c2cc(C(F)(F)F)cc(C(F)(F)F)c2)OC(=O)N1Cc1cc2c(cc1-c1cc(C(C)(C)C)c(F)cc1Cl)CCC2. The van der Waals surface area contributed by atoms with Crippen LogP contribution in [0, 0.1) is 5.82 Å². The molecule has 230 valence electrons. The minimum Gasteiger partial charge on any atom is -0.439 e. The van der Waals surface area contributed by atoms with Gasteiger partial charge in [0.25, 0.3) is 0 Å². The average Bonchev–Trinajstić information content (AvgIpc) is 3.45. The summed E-state index contributed by atoms with van der Waals surface area (Å²) in [5.74, 6) is -0.456. The second kappa shape index (κ2) is 10.7. The van der Waals surface area contributed by atoms with E-state index in [9.17, 15) is 35.5 Å². The Kier molecular flexibility index (Phi) is 7.77. The molecule has 3 nitrogen and oxygen atoms in total. The monoisotopic (exact) mass is 627 g/mol. The van der Waals surface area contributed by atoms with Crippen LogP contribution in [0.4, 0.5) is 35.5 Å². The number of hydrogen-bond donors (Lipinski definition) is 0. The molecule has 1 aliphatic heterocycles. The first-order chi connectivity index (χ1) is 19.8. The Morgan fingerprint density at radius 3 is 2.00 bits per heavy atom. The molecule has 11 heteroatoms. The quantitative estimate of drug-likeness (QED) is 0.269. The lowest BCUT2D eigenvalue weighted by molar-refractivity contribution is -0.143. The number of carbonyl (C=O) groups excluding carboxylic acids is 1. The number of halogens is 8. The molecule has 0 saturated carbocycles. The third-order valence-corrected chi connectivity index (χ3v) is 8.46. The van der Waals surface area contributed by atoms with Gasteiger partial charge in [0.2, 0.25) is 0 Å². The fourth-order valence-electron chi connectivity index (χ4n) is 5.87. The van der Waals surface area contributed by atoms with Crippen molar-refractivity contribution >= 4 is 17.7 Å². The van der Waals surface area contributed by atoms with Crippen LogP contribution < -0.4 is 0 Å². The predicted octanol–water partition coefficient (Wildman–Crippen LogP) is 10.1. The molecule has 3 aromatic carbocycles. The average molecular weight is 628 g/mol. The van der Waals surface area contributed by atoms with Gasteiger partial charge in [0.05, 0.1) is 28.7 Å². The molecule has 0 bridgehead atoms. The molecule has 1 fully saturated rings. The maximum Gasteiger partial charge on any atom is 0.416 e. The van der Waals surface area contributed by atoms with Crippen molar-refractivity contribution in [3.8, 4) is 11.1 Å². The van der Waals surface area contributed by atoms with Gasteiger partial charge >= 0.3 is 18.4 Å². The summed E-state index contributed by atoms with van der Waals surface area (Å²) in [5.41, 5.74) is 0.557. The van der Waals surface area contributed by atoms with Gasteiger partial charge in [0.15, 0.2) is 0 Å². The molecule has 2 atom stereocenters.